The molecule has 0 atom stereocenters. The van der Waals surface area contributed by atoms with Crippen molar-refractivity contribution >= 4 is 39.9 Å². The number of ether oxygens (including phenoxy) is 2. The molecule has 140 valence electrons. The molecule has 2 aromatic heterocycles. The molecule has 0 unspecified atom stereocenters. The summed E-state index contributed by atoms with van der Waals surface area (Å²) in [7, 11) is 1.32. The third-order valence-electron chi connectivity index (χ3n) is 3.55. The number of carbonyl (C=O) groups excluding carboxylic acids is 2. The minimum Gasteiger partial charge on any atom is -0.493 e. The molecule has 0 saturated heterocycles. The van der Waals surface area contributed by atoms with Gasteiger partial charge in [-0.05, 0) is 30.3 Å². The number of methoxy groups -OCH3 is 1. The van der Waals surface area contributed by atoms with Crippen LogP contribution in [0.15, 0.2) is 41.9 Å². The fourth-order valence-electron chi connectivity index (χ4n) is 2.21. The summed E-state index contributed by atoms with van der Waals surface area (Å²) in [4.78, 5) is 30.7. The van der Waals surface area contributed by atoms with E-state index in [1.165, 1.54) is 18.4 Å². The number of amides is 1. The van der Waals surface area contributed by atoms with Gasteiger partial charge in [-0.3, -0.25) is 4.79 Å². The maximum atomic E-state index is 12.0. The van der Waals surface area contributed by atoms with Crippen molar-refractivity contribution in [3.63, 3.8) is 0 Å². The Morgan fingerprint density at radius 1 is 1.30 bits per heavy atom. The van der Waals surface area contributed by atoms with Gasteiger partial charge in [-0.25, -0.2) is 9.78 Å². The second kappa shape index (κ2) is 8.70. The zero-order chi connectivity index (χ0) is 19.2. The van der Waals surface area contributed by atoms with Gasteiger partial charge in [0, 0.05) is 22.2 Å². The van der Waals surface area contributed by atoms with E-state index in [-0.39, 0.29) is 18.9 Å². The second-order valence-electron chi connectivity index (χ2n) is 5.43. The van der Waals surface area contributed by atoms with E-state index in [1.807, 2.05) is 0 Å². The summed E-state index contributed by atoms with van der Waals surface area (Å²) >= 11 is 7.11. The monoisotopic (exact) mass is 405 g/mol. The first-order chi connectivity index (χ1) is 13.0. The Bertz CT molecular complexity index is 936. The number of halogens is 1. The average molecular weight is 406 g/mol. The molecule has 1 amide bonds. The molecule has 2 heterocycles. The van der Waals surface area contributed by atoms with E-state index < -0.39 is 5.97 Å². The first kappa shape index (κ1) is 18.9. The van der Waals surface area contributed by atoms with Crippen LogP contribution in [0, 0.1) is 0 Å². The quantitative estimate of drug-likeness (QED) is 0.580. The van der Waals surface area contributed by atoms with Gasteiger partial charge < -0.3 is 19.8 Å². The van der Waals surface area contributed by atoms with Crippen LogP contribution in [0.4, 0.5) is 5.13 Å². The maximum absolute atomic E-state index is 12.0. The number of anilines is 1. The summed E-state index contributed by atoms with van der Waals surface area (Å²) < 4.78 is 10.2. The summed E-state index contributed by atoms with van der Waals surface area (Å²) in [5.41, 5.74) is 1.72. The molecule has 0 bridgehead atoms. The lowest BCUT2D eigenvalue weighted by Crippen LogP contribution is -2.15. The zero-order valence-electron chi connectivity index (χ0n) is 14.3. The normalized spacial score (nSPS) is 10.4. The molecule has 0 aliphatic carbocycles. The van der Waals surface area contributed by atoms with Gasteiger partial charge in [-0.1, -0.05) is 11.6 Å². The van der Waals surface area contributed by atoms with Crippen LogP contribution < -0.4 is 10.1 Å². The Balaban J connectivity index is 1.51. The number of rotatable bonds is 7. The van der Waals surface area contributed by atoms with E-state index in [0.29, 0.717) is 27.3 Å². The van der Waals surface area contributed by atoms with Crippen molar-refractivity contribution in [3.05, 3.63) is 52.6 Å². The smallest absolute Gasteiger partial charge is 0.354 e. The number of esters is 1. The number of hydrogen-bond acceptors (Lipinski definition) is 6. The van der Waals surface area contributed by atoms with Gasteiger partial charge in [0.15, 0.2) is 5.13 Å². The first-order valence-electron chi connectivity index (χ1n) is 7.96. The van der Waals surface area contributed by atoms with Gasteiger partial charge in [-0.15, -0.1) is 11.3 Å². The Morgan fingerprint density at radius 3 is 2.81 bits per heavy atom. The van der Waals surface area contributed by atoms with Crippen molar-refractivity contribution in [2.75, 3.05) is 19.0 Å². The fraction of sp³-hybridized carbons (Fsp3) is 0.167. The lowest BCUT2D eigenvalue weighted by Gasteiger charge is -2.05. The van der Waals surface area contributed by atoms with E-state index in [1.54, 1.807) is 41.9 Å². The van der Waals surface area contributed by atoms with E-state index in [4.69, 9.17) is 16.3 Å². The van der Waals surface area contributed by atoms with Crippen LogP contribution >= 0.6 is 22.9 Å². The molecule has 1 aromatic carbocycles. The minimum atomic E-state index is -0.453. The van der Waals surface area contributed by atoms with E-state index >= 15 is 0 Å². The van der Waals surface area contributed by atoms with Crippen molar-refractivity contribution in [1.29, 1.82) is 0 Å². The molecule has 27 heavy (non-hydrogen) atoms. The number of hydrogen-bond donors (Lipinski definition) is 2. The summed E-state index contributed by atoms with van der Waals surface area (Å²) in [5.74, 6) is -0.00234. The predicted molar refractivity (Wildman–Crippen MR) is 103 cm³/mol. The van der Waals surface area contributed by atoms with Crippen molar-refractivity contribution in [2.45, 2.75) is 6.42 Å². The highest BCUT2D eigenvalue weighted by Crippen LogP contribution is 2.25. The van der Waals surface area contributed by atoms with Crippen LogP contribution in [-0.4, -0.2) is 35.6 Å². The third-order valence-corrected chi connectivity index (χ3v) is 4.56. The highest BCUT2D eigenvalue weighted by molar-refractivity contribution is 7.14. The van der Waals surface area contributed by atoms with Gasteiger partial charge in [-0.2, -0.15) is 0 Å². The van der Waals surface area contributed by atoms with Gasteiger partial charge in [0.2, 0.25) is 5.91 Å². The predicted octanol–water partition coefficient (Wildman–Crippen LogP) is 3.99. The number of aromatic nitrogens is 2. The number of carbonyl (C=O) groups is 2. The lowest BCUT2D eigenvalue weighted by atomic mass is 10.2. The molecule has 2 N–H and O–H groups in total. The van der Waals surface area contributed by atoms with Crippen LogP contribution in [0.2, 0.25) is 5.02 Å². The van der Waals surface area contributed by atoms with Crippen LogP contribution in [0.3, 0.4) is 0 Å². The summed E-state index contributed by atoms with van der Waals surface area (Å²) in [6.45, 7) is 0.242. The Hall–Kier alpha value is -2.84. The summed E-state index contributed by atoms with van der Waals surface area (Å²) in [5, 5.41) is 5.63. The van der Waals surface area contributed by atoms with E-state index in [0.717, 1.165) is 5.56 Å². The van der Waals surface area contributed by atoms with Gasteiger partial charge in [0.25, 0.3) is 0 Å². The first-order valence-corrected chi connectivity index (χ1v) is 9.22. The number of aromatic amines is 1. The number of H-pyrrole nitrogens is 1. The van der Waals surface area contributed by atoms with Crippen LogP contribution in [0.1, 0.15) is 16.9 Å². The molecule has 0 aliphatic rings. The lowest BCUT2D eigenvalue weighted by molar-refractivity contribution is -0.116. The number of nitrogens with one attached hydrogen (secondary N) is 2. The highest BCUT2D eigenvalue weighted by atomic mass is 35.5. The van der Waals surface area contributed by atoms with Gasteiger partial charge in [0.1, 0.15) is 11.4 Å². The molecule has 0 aliphatic heterocycles. The minimum absolute atomic E-state index is 0.189. The zero-order valence-corrected chi connectivity index (χ0v) is 15.9. The van der Waals surface area contributed by atoms with Crippen molar-refractivity contribution < 1.29 is 19.1 Å². The third kappa shape index (κ3) is 5.08. The summed E-state index contributed by atoms with van der Waals surface area (Å²) in [6.07, 6.45) is 1.85. The second-order valence-corrected chi connectivity index (χ2v) is 6.73. The van der Waals surface area contributed by atoms with E-state index in [2.05, 4.69) is 20.0 Å². The largest absolute Gasteiger partial charge is 0.493 e. The van der Waals surface area contributed by atoms with Gasteiger partial charge >= 0.3 is 5.97 Å². The molecule has 0 radical (unpaired) electrons. The maximum Gasteiger partial charge on any atom is 0.354 e. The van der Waals surface area contributed by atoms with Crippen molar-refractivity contribution in [2.24, 2.45) is 0 Å². The Kier molecular flexibility index (Phi) is 6.10. The summed E-state index contributed by atoms with van der Waals surface area (Å²) in [6, 6.07) is 8.58. The molecule has 0 spiro atoms. The Labute approximate surface area is 164 Å². The highest BCUT2D eigenvalue weighted by Gasteiger charge is 2.13. The molecule has 7 nitrogen and oxygen atoms in total. The topological polar surface area (TPSA) is 93.3 Å². The number of benzene rings is 1. The number of thiazole rings is 1. The van der Waals surface area contributed by atoms with Gasteiger partial charge in [0.05, 0.1) is 25.8 Å². The molecular formula is C18H16ClN3O4S. The molecule has 0 saturated carbocycles. The van der Waals surface area contributed by atoms with E-state index in [9.17, 15) is 9.59 Å². The van der Waals surface area contributed by atoms with Crippen molar-refractivity contribution in [3.8, 4) is 17.0 Å². The fourth-order valence-corrected chi connectivity index (χ4v) is 3.07. The SMILES string of the molecule is COC(=O)c1cc(-c2csc(NC(=O)CCOc3ccc(Cl)cc3)n2)c[nH]1. The molecule has 0 fully saturated rings. The number of nitrogens with zero attached hydrogens (tertiary/aromatic N) is 1. The average Bonchev–Trinajstić information content (AvgIpc) is 3.32. The molecule has 3 rings (SSSR count). The van der Waals surface area contributed by atoms with Crippen LogP contribution in [-0.2, 0) is 9.53 Å². The molecule has 3 aromatic rings. The van der Waals surface area contributed by atoms with Crippen molar-refractivity contribution in [1.82, 2.24) is 9.97 Å². The molecule has 9 heteroatoms. The Morgan fingerprint density at radius 2 is 2.07 bits per heavy atom. The van der Waals surface area contributed by atoms with Crippen LogP contribution in [0.5, 0.6) is 5.75 Å². The van der Waals surface area contributed by atoms with Crippen LogP contribution in [0.25, 0.3) is 11.3 Å². The molecular weight excluding hydrogens is 390 g/mol. The standard InChI is InChI=1S/C18H16ClN3O4S/c1-25-17(24)14-8-11(9-20-14)15-10-27-18(21-15)22-16(23)6-7-26-13-4-2-12(19)3-5-13/h2-5,8-10,20H,6-7H2,1H3,(H,21,22,23).